The van der Waals surface area contributed by atoms with Crippen molar-refractivity contribution in [3.05, 3.63) is 23.8 Å². The number of benzene rings is 1. The molecule has 0 aliphatic heterocycles. The largest absolute Gasteiger partial charge is 0.495 e. The Bertz CT molecular complexity index is 531. The summed E-state index contributed by atoms with van der Waals surface area (Å²) < 4.78 is 5.09. The van der Waals surface area contributed by atoms with Gasteiger partial charge in [-0.15, -0.1) is 12.3 Å². The second-order valence-electron chi connectivity index (χ2n) is 4.18. The second kappa shape index (κ2) is 7.85. The molecule has 1 aromatic rings. The van der Waals surface area contributed by atoms with Crippen molar-refractivity contribution < 1.29 is 19.4 Å². The summed E-state index contributed by atoms with van der Waals surface area (Å²) in [6.45, 7) is 0. The fourth-order valence-electron chi connectivity index (χ4n) is 1.66. The van der Waals surface area contributed by atoms with Crippen LogP contribution in [-0.4, -0.2) is 24.1 Å². The van der Waals surface area contributed by atoms with Gasteiger partial charge in [-0.1, -0.05) is 0 Å². The third kappa shape index (κ3) is 4.65. The Morgan fingerprint density at radius 2 is 2.15 bits per heavy atom. The van der Waals surface area contributed by atoms with Gasteiger partial charge in [-0.2, -0.15) is 0 Å². The zero-order valence-electron chi connectivity index (χ0n) is 11.3. The first kappa shape index (κ1) is 15.6. The van der Waals surface area contributed by atoms with E-state index in [-0.39, 0.29) is 11.5 Å². The summed E-state index contributed by atoms with van der Waals surface area (Å²) in [6, 6.07) is 4.31. The number of unbranched alkanes of at least 4 members (excludes halogenated alkanes) is 2. The first-order valence-electron chi connectivity index (χ1n) is 6.23. The smallest absolute Gasteiger partial charge is 0.335 e. The summed E-state index contributed by atoms with van der Waals surface area (Å²) in [5.74, 6) is 1.69. The van der Waals surface area contributed by atoms with Gasteiger partial charge in [0.25, 0.3) is 0 Å². The molecule has 2 N–H and O–H groups in total. The minimum absolute atomic E-state index is 0.0911. The predicted molar refractivity (Wildman–Crippen MR) is 75.9 cm³/mol. The van der Waals surface area contributed by atoms with Crippen molar-refractivity contribution in [3.63, 3.8) is 0 Å². The Labute approximate surface area is 117 Å². The monoisotopic (exact) mass is 275 g/mol. The molecule has 0 bridgehead atoms. The number of ether oxygens (including phenoxy) is 1. The number of aromatic carboxylic acids is 1. The van der Waals surface area contributed by atoms with Crippen molar-refractivity contribution >= 4 is 17.6 Å². The van der Waals surface area contributed by atoms with Gasteiger partial charge in [0.15, 0.2) is 0 Å². The molecular formula is C15H17NO4. The van der Waals surface area contributed by atoms with Crippen molar-refractivity contribution in [2.45, 2.75) is 25.7 Å². The van der Waals surface area contributed by atoms with Gasteiger partial charge in [0, 0.05) is 12.8 Å². The van der Waals surface area contributed by atoms with Gasteiger partial charge in [0.2, 0.25) is 5.91 Å². The van der Waals surface area contributed by atoms with E-state index in [2.05, 4.69) is 11.2 Å². The van der Waals surface area contributed by atoms with Crippen LogP contribution in [0.2, 0.25) is 0 Å². The second-order valence-corrected chi connectivity index (χ2v) is 4.18. The number of rotatable bonds is 7. The maximum absolute atomic E-state index is 11.8. The molecule has 1 amide bonds. The molecule has 1 aromatic carbocycles. The van der Waals surface area contributed by atoms with Gasteiger partial charge >= 0.3 is 5.97 Å². The predicted octanol–water partition coefficient (Wildman–Crippen LogP) is 2.53. The van der Waals surface area contributed by atoms with Gasteiger partial charge < -0.3 is 15.2 Å². The summed E-state index contributed by atoms with van der Waals surface area (Å²) in [7, 11) is 1.46. The average Bonchev–Trinajstić information content (AvgIpc) is 2.43. The van der Waals surface area contributed by atoms with Crippen molar-refractivity contribution in [1.29, 1.82) is 0 Å². The van der Waals surface area contributed by atoms with Gasteiger partial charge in [0.05, 0.1) is 18.4 Å². The summed E-state index contributed by atoms with van der Waals surface area (Å²) >= 11 is 0. The molecule has 0 radical (unpaired) electrons. The number of nitrogens with one attached hydrogen (secondary N) is 1. The molecule has 0 aliphatic carbocycles. The van der Waals surface area contributed by atoms with E-state index in [1.165, 1.54) is 25.3 Å². The van der Waals surface area contributed by atoms with Crippen LogP contribution >= 0.6 is 0 Å². The Kier molecular flexibility index (Phi) is 6.11. The Balaban J connectivity index is 2.70. The molecular weight excluding hydrogens is 258 g/mol. The van der Waals surface area contributed by atoms with Crippen LogP contribution in [0.15, 0.2) is 18.2 Å². The minimum atomic E-state index is -1.06. The van der Waals surface area contributed by atoms with Crippen LogP contribution in [-0.2, 0) is 4.79 Å². The maximum atomic E-state index is 11.8. The molecule has 0 heterocycles. The lowest BCUT2D eigenvalue weighted by molar-refractivity contribution is -0.116. The van der Waals surface area contributed by atoms with E-state index in [0.717, 1.165) is 6.42 Å². The lowest BCUT2D eigenvalue weighted by Gasteiger charge is -2.10. The molecule has 5 heteroatoms. The summed E-state index contributed by atoms with van der Waals surface area (Å²) in [6.07, 6.45) is 7.59. The van der Waals surface area contributed by atoms with Crippen molar-refractivity contribution in [2.24, 2.45) is 0 Å². The van der Waals surface area contributed by atoms with Gasteiger partial charge in [-0.25, -0.2) is 4.79 Å². The SMILES string of the molecule is C#CCCCCC(=O)Nc1cc(C(=O)O)ccc1OC. The Morgan fingerprint density at radius 3 is 2.75 bits per heavy atom. The average molecular weight is 275 g/mol. The van der Waals surface area contributed by atoms with Gasteiger partial charge in [-0.05, 0) is 31.0 Å². The first-order chi connectivity index (χ1) is 9.58. The first-order valence-corrected chi connectivity index (χ1v) is 6.23. The molecule has 0 saturated heterocycles. The van der Waals surface area contributed by atoms with E-state index in [1.54, 1.807) is 0 Å². The number of hydrogen-bond acceptors (Lipinski definition) is 3. The number of amides is 1. The lowest BCUT2D eigenvalue weighted by atomic mass is 10.1. The molecule has 0 aromatic heterocycles. The van der Waals surface area contributed by atoms with E-state index in [4.69, 9.17) is 16.3 Å². The third-order valence-corrected chi connectivity index (χ3v) is 2.70. The molecule has 0 atom stereocenters. The van der Waals surface area contributed by atoms with Crippen molar-refractivity contribution in [1.82, 2.24) is 0 Å². The van der Waals surface area contributed by atoms with E-state index >= 15 is 0 Å². The molecule has 106 valence electrons. The normalized spacial score (nSPS) is 9.60. The van der Waals surface area contributed by atoms with Crippen molar-refractivity contribution in [2.75, 3.05) is 12.4 Å². The molecule has 0 saturated carbocycles. The summed E-state index contributed by atoms with van der Waals surface area (Å²) in [5, 5.41) is 11.6. The molecule has 0 fully saturated rings. The van der Waals surface area contributed by atoms with Crippen LogP contribution in [0.25, 0.3) is 0 Å². The van der Waals surface area contributed by atoms with E-state index < -0.39 is 5.97 Å². The van der Waals surface area contributed by atoms with Crippen LogP contribution < -0.4 is 10.1 Å². The number of methoxy groups -OCH3 is 1. The zero-order chi connectivity index (χ0) is 15.0. The number of anilines is 1. The molecule has 20 heavy (non-hydrogen) atoms. The standard InChI is InChI=1S/C15H17NO4/c1-3-4-5-6-7-14(17)16-12-10-11(15(18)19)8-9-13(12)20-2/h1,8-10H,4-7H2,2H3,(H,16,17)(H,18,19). The highest BCUT2D eigenvalue weighted by molar-refractivity contribution is 5.95. The fourth-order valence-corrected chi connectivity index (χ4v) is 1.66. The summed E-state index contributed by atoms with van der Waals surface area (Å²) in [5.41, 5.74) is 0.447. The highest BCUT2D eigenvalue weighted by atomic mass is 16.5. The number of carboxylic acids is 1. The topological polar surface area (TPSA) is 75.6 Å². The number of carbonyl (C=O) groups is 2. The number of terminal acetylenes is 1. The van der Waals surface area contributed by atoms with Crippen LogP contribution in [0.5, 0.6) is 5.75 Å². The summed E-state index contributed by atoms with van der Waals surface area (Å²) in [4.78, 5) is 22.7. The Morgan fingerprint density at radius 1 is 1.40 bits per heavy atom. The maximum Gasteiger partial charge on any atom is 0.335 e. The van der Waals surface area contributed by atoms with Crippen LogP contribution in [0.4, 0.5) is 5.69 Å². The number of carboxylic acid groups (broad SMARTS) is 1. The quantitative estimate of drug-likeness (QED) is 0.592. The van der Waals surface area contributed by atoms with Crippen LogP contribution in [0, 0.1) is 12.3 Å². The van der Waals surface area contributed by atoms with Crippen molar-refractivity contribution in [3.8, 4) is 18.1 Å². The van der Waals surface area contributed by atoms with E-state index in [0.29, 0.717) is 30.7 Å². The molecule has 5 nitrogen and oxygen atoms in total. The van der Waals surface area contributed by atoms with Crippen LogP contribution in [0.3, 0.4) is 0 Å². The molecule has 0 aliphatic rings. The highest BCUT2D eigenvalue weighted by Crippen LogP contribution is 2.25. The van der Waals surface area contributed by atoms with Crippen LogP contribution in [0.1, 0.15) is 36.0 Å². The number of carbonyl (C=O) groups excluding carboxylic acids is 1. The Hall–Kier alpha value is -2.48. The minimum Gasteiger partial charge on any atom is -0.495 e. The zero-order valence-corrected chi connectivity index (χ0v) is 11.3. The number of hydrogen-bond donors (Lipinski definition) is 2. The molecule has 0 spiro atoms. The van der Waals surface area contributed by atoms with Gasteiger partial charge in [-0.3, -0.25) is 4.79 Å². The molecule has 0 unspecified atom stereocenters. The van der Waals surface area contributed by atoms with E-state index in [1.807, 2.05) is 0 Å². The lowest BCUT2D eigenvalue weighted by Crippen LogP contribution is -2.12. The fraction of sp³-hybridized carbons (Fsp3) is 0.333. The third-order valence-electron chi connectivity index (χ3n) is 2.70. The van der Waals surface area contributed by atoms with Gasteiger partial charge in [0.1, 0.15) is 5.75 Å². The highest BCUT2D eigenvalue weighted by Gasteiger charge is 2.11. The molecule has 1 rings (SSSR count). The van der Waals surface area contributed by atoms with E-state index in [9.17, 15) is 9.59 Å².